The highest BCUT2D eigenvalue weighted by Crippen LogP contribution is 2.32. The van der Waals surface area contributed by atoms with Gasteiger partial charge in [0.25, 0.3) is 0 Å². The summed E-state index contributed by atoms with van der Waals surface area (Å²) >= 11 is 0. The molecule has 0 saturated carbocycles. The predicted molar refractivity (Wildman–Crippen MR) is 91.7 cm³/mol. The molecule has 0 bridgehead atoms. The molecule has 24 heavy (non-hydrogen) atoms. The number of nitrogens with zero attached hydrogens (tertiary/aromatic N) is 1. The lowest BCUT2D eigenvalue weighted by Crippen LogP contribution is -2.33. The van der Waals surface area contributed by atoms with Crippen LogP contribution in [0.3, 0.4) is 0 Å². The van der Waals surface area contributed by atoms with Crippen molar-refractivity contribution >= 4 is 26.8 Å². The van der Waals surface area contributed by atoms with E-state index >= 15 is 0 Å². The van der Waals surface area contributed by atoms with E-state index in [0.717, 1.165) is 4.31 Å². The van der Waals surface area contributed by atoms with Crippen molar-refractivity contribution in [2.45, 2.75) is 18.7 Å². The molecule has 0 fully saturated rings. The van der Waals surface area contributed by atoms with Crippen molar-refractivity contribution in [1.29, 1.82) is 0 Å². The number of ether oxygens (including phenoxy) is 1. The number of hydrogen-bond donors (Lipinski definition) is 1. The average molecular weight is 351 g/mol. The molecule has 0 amide bonds. The molecule has 7 heteroatoms. The lowest BCUT2D eigenvalue weighted by Gasteiger charge is -2.21. The highest BCUT2D eigenvalue weighted by atomic mass is 32.2. The topological polar surface area (TPSA) is 83.9 Å². The molecule has 2 aromatic rings. The number of hydrogen-bond acceptors (Lipinski definition) is 4. The van der Waals surface area contributed by atoms with Gasteiger partial charge in [-0.1, -0.05) is 31.2 Å². The first-order chi connectivity index (χ1) is 11.3. The van der Waals surface area contributed by atoms with Crippen LogP contribution in [-0.2, 0) is 14.8 Å². The van der Waals surface area contributed by atoms with Crippen molar-refractivity contribution in [2.75, 3.05) is 20.2 Å². The third-order valence-electron chi connectivity index (χ3n) is 3.78. The average Bonchev–Trinajstić information content (AvgIpc) is 2.54. The number of benzene rings is 2. The zero-order valence-corrected chi connectivity index (χ0v) is 14.7. The summed E-state index contributed by atoms with van der Waals surface area (Å²) in [6.07, 6.45) is 0. The molecule has 0 heterocycles. The molecule has 1 unspecified atom stereocenters. The fraction of sp³-hybridized carbons (Fsp3) is 0.353. The van der Waals surface area contributed by atoms with Crippen molar-refractivity contribution in [3.63, 3.8) is 0 Å². The van der Waals surface area contributed by atoms with Crippen LogP contribution in [-0.4, -0.2) is 44.0 Å². The van der Waals surface area contributed by atoms with Gasteiger partial charge in [0.1, 0.15) is 5.75 Å². The highest BCUT2D eigenvalue weighted by Gasteiger charge is 2.27. The minimum Gasteiger partial charge on any atom is -0.493 e. The molecular weight excluding hydrogens is 330 g/mol. The number of carboxylic acids is 1. The fourth-order valence-corrected chi connectivity index (χ4v) is 3.93. The molecule has 0 aromatic heterocycles. The Balaban J connectivity index is 2.51. The van der Waals surface area contributed by atoms with Crippen molar-refractivity contribution in [3.8, 4) is 5.75 Å². The molecule has 2 aromatic carbocycles. The molecular formula is C17H21NO5S. The van der Waals surface area contributed by atoms with E-state index in [1.807, 2.05) is 13.0 Å². The standard InChI is InChI=1S/C17H21NO5S/c1-4-23-15-9-10-16(14-8-6-5-7-13(14)15)24(21,22)18(3)11-12(2)17(19)20/h5-10,12H,4,11H2,1-3H3,(H,19,20). The first kappa shape index (κ1) is 18.2. The Kier molecular flexibility index (Phi) is 5.46. The van der Waals surface area contributed by atoms with Crippen LogP contribution >= 0.6 is 0 Å². The van der Waals surface area contributed by atoms with E-state index in [0.29, 0.717) is 23.1 Å². The Morgan fingerprint density at radius 2 is 1.83 bits per heavy atom. The van der Waals surface area contributed by atoms with Crippen molar-refractivity contribution in [2.24, 2.45) is 5.92 Å². The maximum atomic E-state index is 12.9. The molecule has 130 valence electrons. The Labute approximate surface area is 141 Å². The predicted octanol–water partition coefficient (Wildman–Crippen LogP) is 2.58. The molecule has 1 N–H and O–H groups in total. The molecule has 1 atom stereocenters. The molecule has 0 aliphatic rings. The summed E-state index contributed by atoms with van der Waals surface area (Å²) in [5, 5.41) is 10.3. The van der Waals surface area contributed by atoms with Gasteiger partial charge in [-0.25, -0.2) is 12.7 Å². The number of sulfonamides is 1. The molecule has 0 aliphatic carbocycles. The summed E-state index contributed by atoms with van der Waals surface area (Å²) < 4.78 is 32.4. The number of carbonyl (C=O) groups is 1. The maximum Gasteiger partial charge on any atom is 0.307 e. The first-order valence-electron chi connectivity index (χ1n) is 7.62. The van der Waals surface area contributed by atoms with Crippen LogP contribution in [0.25, 0.3) is 10.8 Å². The van der Waals surface area contributed by atoms with Gasteiger partial charge in [0, 0.05) is 24.4 Å². The van der Waals surface area contributed by atoms with Crippen LogP contribution in [0.4, 0.5) is 0 Å². The van der Waals surface area contributed by atoms with Crippen LogP contribution in [0.5, 0.6) is 5.75 Å². The van der Waals surface area contributed by atoms with Crippen LogP contribution in [0.1, 0.15) is 13.8 Å². The van der Waals surface area contributed by atoms with Gasteiger partial charge < -0.3 is 9.84 Å². The summed E-state index contributed by atoms with van der Waals surface area (Å²) in [6, 6.07) is 10.2. The number of rotatable bonds is 7. The smallest absolute Gasteiger partial charge is 0.307 e. The molecule has 0 aliphatic heterocycles. The largest absolute Gasteiger partial charge is 0.493 e. The van der Waals surface area contributed by atoms with Gasteiger partial charge >= 0.3 is 5.97 Å². The van der Waals surface area contributed by atoms with E-state index in [1.165, 1.54) is 20.0 Å². The van der Waals surface area contributed by atoms with E-state index in [-0.39, 0.29) is 11.4 Å². The summed E-state index contributed by atoms with van der Waals surface area (Å²) in [6.45, 7) is 3.72. The normalized spacial score (nSPS) is 13.2. The van der Waals surface area contributed by atoms with Gasteiger partial charge in [-0.2, -0.15) is 0 Å². The van der Waals surface area contributed by atoms with E-state index in [4.69, 9.17) is 9.84 Å². The van der Waals surface area contributed by atoms with Crippen molar-refractivity contribution < 1.29 is 23.1 Å². The second-order valence-corrected chi connectivity index (χ2v) is 7.58. The number of carboxylic acid groups (broad SMARTS) is 1. The van der Waals surface area contributed by atoms with Gasteiger partial charge in [-0.05, 0) is 19.1 Å². The van der Waals surface area contributed by atoms with E-state index < -0.39 is 21.9 Å². The first-order valence-corrected chi connectivity index (χ1v) is 9.06. The quantitative estimate of drug-likeness (QED) is 0.829. The van der Waals surface area contributed by atoms with E-state index in [1.54, 1.807) is 24.3 Å². The van der Waals surface area contributed by atoms with Gasteiger partial charge in [0.2, 0.25) is 10.0 Å². The number of aliphatic carboxylic acids is 1. The molecule has 6 nitrogen and oxygen atoms in total. The highest BCUT2D eigenvalue weighted by molar-refractivity contribution is 7.89. The van der Waals surface area contributed by atoms with Crippen LogP contribution in [0, 0.1) is 5.92 Å². The Bertz CT molecular complexity index is 847. The summed E-state index contributed by atoms with van der Waals surface area (Å²) in [5.74, 6) is -1.21. The fourth-order valence-electron chi connectivity index (χ4n) is 2.48. The maximum absolute atomic E-state index is 12.9. The SMILES string of the molecule is CCOc1ccc(S(=O)(=O)N(C)CC(C)C(=O)O)c2ccccc12. The monoisotopic (exact) mass is 351 g/mol. The Morgan fingerprint density at radius 3 is 2.42 bits per heavy atom. The second-order valence-electron chi connectivity index (χ2n) is 5.57. The van der Waals surface area contributed by atoms with Crippen LogP contribution < -0.4 is 4.74 Å². The summed E-state index contributed by atoms with van der Waals surface area (Å²) in [5.41, 5.74) is 0. The Hall–Kier alpha value is -2.12. The Morgan fingerprint density at radius 1 is 1.21 bits per heavy atom. The molecule has 0 spiro atoms. The minimum atomic E-state index is -3.81. The zero-order valence-electron chi connectivity index (χ0n) is 13.9. The van der Waals surface area contributed by atoms with Gasteiger partial charge in [-0.3, -0.25) is 4.79 Å². The van der Waals surface area contributed by atoms with Gasteiger partial charge in [-0.15, -0.1) is 0 Å². The summed E-state index contributed by atoms with van der Waals surface area (Å²) in [7, 11) is -2.42. The zero-order chi connectivity index (χ0) is 17.9. The lowest BCUT2D eigenvalue weighted by atomic mass is 10.1. The minimum absolute atomic E-state index is 0.0980. The third kappa shape index (κ3) is 3.52. The van der Waals surface area contributed by atoms with Gasteiger partial charge in [0.15, 0.2) is 0 Å². The van der Waals surface area contributed by atoms with E-state index in [2.05, 4.69) is 0 Å². The third-order valence-corrected chi connectivity index (χ3v) is 5.67. The van der Waals surface area contributed by atoms with Crippen molar-refractivity contribution in [3.05, 3.63) is 36.4 Å². The lowest BCUT2D eigenvalue weighted by molar-refractivity contribution is -0.141. The van der Waals surface area contributed by atoms with Gasteiger partial charge in [0.05, 0.1) is 17.4 Å². The summed E-state index contributed by atoms with van der Waals surface area (Å²) in [4.78, 5) is 11.1. The molecule has 0 radical (unpaired) electrons. The van der Waals surface area contributed by atoms with E-state index in [9.17, 15) is 13.2 Å². The van der Waals surface area contributed by atoms with Crippen LogP contribution in [0.15, 0.2) is 41.3 Å². The molecule has 2 rings (SSSR count). The number of fused-ring (bicyclic) bond motifs is 1. The van der Waals surface area contributed by atoms with Crippen LogP contribution in [0.2, 0.25) is 0 Å². The second kappa shape index (κ2) is 7.19. The molecule has 0 saturated heterocycles. The van der Waals surface area contributed by atoms with Crippen molar-refractivity contribution in [1.82, 2.24) is 4.31 Å².